The quantitative estimate of drug-likeness (QED) is 0.587. The van der Waals surface area contributed by atoms with Gasteiger partial charge in [-0.1, -0.05) is 0 Å². The Hall–Kier alpha value is -1.20. The zero-order valence-electron chi connectivity index (χ0n) is 8.81. The van der Waals surface area contributed by atoms with Crippen molar-refractivity contribution < 1.29 is 22.7 Å². The highest BCUT2D eigenvalue weighted by molar-refractivity contribution is 5.82. The molecule has 0 spiro atoms. The summed E-state index contributed by atoms with van der Waals surface area (Å²) < 4.78 is 41.4. The van der Waals surface area contributed by atoms with E-state index in [1.165, 1.54) is 6.92 Å². The van der Waals surface area contributed by atoms with Crippen LogP contribution in [0.25, 0.3) is 0 Å². The lowest BCUT2D eigenvalue weighted by atomic mass is 10.3. The van der Waals surface area contributed by atoms with Gasteiger partial charge in [-0.3, -0.25) is 0 Å². The largest absolute Gasteiger partial charge is 0.463 e. The molecule has 0 heterocycles. The molecular weight excluding hydrogens is 211 g/mol. The van der Waals surface area contributed by atoms with Crippen LogP contribution in [0, 0.1) is 0 Å². The van der Waals surface area contributed by atoms with Crippen LogP contribution in [0.2, 0.25) is 0 Å². The van der Waals surface area contributed by atoms with Crippen molar-refractivity contribution in [2.24, 2.45) is 0 Å². The first-order chi connectivity index (χ1) is 6.77. The highest BCUT2D eigenvalue weighted by Gasteiger charge is 2.35. The highest BCUT2D eigenvalue weighted by atomic mass is 19.4. The lowest BCUT2D eigenvalue weighted by Crippen LogP contribution is -2.32. The van der Waals surface area contributed by atoms with Gasteiger partial charge in [-0.05, 0) is 20.8 Å². The van der Waals surface area contributed by atoms with Crippen LogP contribution in [0.5, 0.6) is 0 Å². The third-order valence-electron chi connectivity index (χ3n) is 1.30. The van der Waals surface area contributed by atoms with Crippen LogP contribution in [0.3, 0.4) is 0 Å². The first-order valence-electron chi connectivity index (χ1n) is 4.49. The molecule has 0 aromatic carbocycles. The van der Waals surface area contributed by atoms with Gasteiger partial charge >= 0.3 is 12.1 Å². The Labute approximate surface area is 86.3 Å². The van der Waals surface area contributed by atoms with Gasteiger partial charge < -0.3 is 10.1 Å². The van der Waals surface area contributed by atoms with E-state index in [2.05, 4.69) is 10.1 Å². The zero-order valence-corrected chi connectivity index (χ0v) is 8.81. The van der Waals surface area contributed by atoms with E-state index in [-0.39, 0.29) is 6.61 Å². The van der Waals surface area contributed by atoms with Crippen molar-refractivity contribution in [2.75, 3.05) is 6.61 Å². The molecule has 6 heteroatoms. The minimum absolute atomic E-state index is 0.0438. The van der Waals surface area contributed by atoms with E-state index in [0.717, 1.165) is 0 Å². The molecule has 0 radical (unpaired) electrons. The lowest BCUT2D eigenvalue weighted by molar-refractivity contribution is -0.138. The Morgan fingerprint density at radius 1 is 1.47 bits per heavy atom. The Balaban J connectivity index is 4.70. The number of alkyl halides is 3. The Bertz CT molecular complexity index is 246. The summed E-state index contributed by atoms with van der Waals surface area (Å²) in [5.41, 5.74) is -1.09. The SMILES string of the molecule is CCOC(=O)/C=C(/NC(C)C)C(F)(F)F. The predicted molar refractivity (Wildman–Crippen MR) is 49.0 cm³/mol. The van der Waals surface area contributed by atoms with Crippen molar-refractivity contribution in [2.45, 2.75) is 33.0 Å². The van der Waals surface area contributed by atoms with Crippen molar-refractivity contribution in [3.63, 3.8) is 0 Å². The van der Waals surface area contributed by atoms with E-state index in [4.69, 9.17) is 0 Å². The van der Waals surface area contributed by atoms with Crippen molar-refractivity contribution in [3.8, 4) is 0 Å². The van der Waals surface area contributed by atoms with Crippen LogP contribution in [-0.4, -0.2) is 24.8 Å². The van der Waals surface area contributed by atoms with Gasteiger partial charge in [0.25, 0.3) is 0 Å². The van der Waals surface area contributed by atoms with Gasteiger partial charge in [-0.2, -0.15) is 13.2 Å². The van der Waals surface area contributed by atoms with E-state index in [0.29, 0.717) is 6.08 Å². The fourth-order valence-electron chi connectivity index (χ4n) is 0.818. The molecule has 0 saturated heterocycles. The van der Waals surface area contributed by atoms with E-state index < -0.39 is 23.9 Å². The van der Waals surface area contributed by atoms with Crippen molar-refractivity contribution >= 4 is 5.97 Å². The third-order valence-corrected chi connectivity index (χ3v) is 1.30. The second-order valence-corrected chi connectivity index (χ2v) is 3.11. The number of rotatable bonds is 4. The number of ether oxygens (including phenoxy) is 1. The van der Waals surface area contributed by atoms with E-state index in [9.17, 15) is 18.0 Å². The summed E-state index contributed by atoms with van der Waals surface area (Å²) in [6, 6.07) is -0.410. The molecule has 0 fully saturated rings. The second kappa shape index (κ2) is 5.63. The number of hydrogen-bond acceptors (Lipinski definition) is 3. The van der Waals surface area contributed by atoms with Crippen molar-refractivity contribution in [3.05, 3.63) is 11.8 Å². The molecule has 0 aliphatic carbocycles. The number of nitrogens with one attached hydrogen (secondary N) is 1. The van der Waals surface area contributed by atoms with Crippen LogP contribution in [-0.2, 0) is 9.53 Å². The Kier molecular flexibility index (Phi) is 5.18. The molecule has 3 nitrogen and oxygen atoms in total. The lowest BCUT2D eigenvalue weighted by Gasteiger charge is -2.16. The molecule has 0 atom stereocenters. The molecule has 0 aliphatic rings. The van der Waals surface area contributed by atoms with Gasteiger partial charge in [0.2, 0.25) is 0 Å². The summed E-state index contributed by atoms with van der Waals surface area (Å²) in [5.74, 6) is -1.00. The number of carbonyl (C=O) groups excluding carboxylic acids is 1. The fraction of sp³-hybridized carbons (Fsp3) is 0.667. The molecule has 88 valence electrons. The molecular formula is C9H14F3NO2. The monoisotopic (exact) mass is 225 g/mol. The average molecular weight is 225 g/mol. The van der Waals surface area contributed by atoms with Gasteiger partial charge in [0, 0.05) is 6.04 Å². The fourth-order valence-corrected chi connectivity index (χ4v) is 0.818. The number of hydrogen-bond donors (Lipinski definition) is 1. The third kappa shape index (κ3) is 5.98. The van der Waals surface area contributed by atoms with E-state index in [1.54, 1.807) is 13.8 Å². The molecule has 0 rings (SSSR count). The number of allylic oxidation sites excluding steroid dienone is 1. The van der Waals surface area contributed by atoms with Gasteiger partial charge in [0.05, 0.1) is 12.7 Å². The number of carbonyl (C=O) groups is 1. The molecule has 0 aromatic heterocycles. The Morgan fingerprint density at radius 3 is 2.33 bits per heavy atom. The van der Waals surface area contributed by atoms with Crippen LogP contribution >= 0.6 is 0 Å². The van der Waals surface area contributed by atoms with E-state index >= 15 is 0 Å². The normalized spacial score (nSPS) is 12.9. The summed E-state index contributed by atoms with van der Waals surface area (Å²) in [5, 5.41) is 2.14. The minimum atomic E-state index is -4.57. The van der Waals surface area contributed by atoms with Gasteiger partial charge in [0.15, 0.2) is 0 Å². The van der Waals surface area contributed by atoms with Crippen LogP contribution in [0.15, 0.2) is 11.8 Å². The maximum absolute atomic E-state index is 12.3. The standard InChI is InChI=1S/C9H14F3NO2/c1-4-15-8(14)5-7(9(10,11)12)13-6(2)3/h5-6,13H,4H2,1-3H3/b7-5+. The summed E-state index contributed by atoms with van der Waals surface area (Å²) in [6.45, 7) is 4.66. The summed E-state index contributed by atoms with van der Waals surface area (Å²) in [7, 11) is 0. The van der Waals surface area contributed by atoms with E-state index in [1.807, 2.05) is 0 Å². The first-order valence-corrected chi connectivity index (χ1v) is 4.49. The summed E-state index contributed by atoms with van der Waals surface area (Å²) in [4.78, 5) is 10.8. The van der Waals surface area contributed by atoms with Gasteiger partial charge in [-0.15, -0.1) is 0 Å². The topological polar surface area (TPSA) is 38.3 Å². The second-order valence-electron chi connectivity index (χ2n) is 3.11. The molecule has 0 amide bonds. The van der Waals surface area contributed by atoms with Gasteiger partial charge in [0.1, 0.15) is 5.70 Å². The molecule has 0 bridgehead atoms. The van der Waals surface area contributed by atoms with Crippen molar-refractivity contribution in [1.82, 2.24) is 5.32 Å². The number of esters is 1. The molecule has 1 N–H and O–H groups in total. The molecule has 0 unspecified atom stereocenters. The van der Waals surface area contributed by atoms with Crippen LogP contribution in [0.1, 0.15) is 20.8 Å². The Morgan fingerprint density at radius 2 is 2.00 bits per heavy atom. The number of halogens is 3. The van der Waals surface area contributed by atoms with Crippen molar-refractivity contribution in [1.29, 1.82) is 0 Å². The maximum atomic E-state index is 12.3. The predicted octanol–water partition coefficient (Wildman–Crippen LogP) is 1.99. The molecule has 0 saturated carbocycles. The first kappa shape index (κ1) is 13.8. The summed E-state index contributed by atoms with van der Waals surface area (Å²) in [6.07, 6.45) is -4.15. The van der Waals surface area contributed by atoms with Crippen LogP contribution < -0.4 is 5.32 Å². The highest BCUT2D eigenvalue weighted by Crippen LogP contribution is 2.23. The summed E-state index contributed by atoms with van der Waals surface area (Å²) >= 11 is 0. The van der Waals surface area contributed by atoms with Crippen LogP contribution in [0.4, 0.5) is 13.2 Å². The molecule has 0 aromatic rings. The average Bonchev–Trinajstić information content (AvgIpc) is 2.00. The maximum Gasteiger partial charge on any atom is 0.431 e. The molecule has 0 aliphatic heterocycles. The zero-order chi connectivity index (χ0) is 12.1. The van der Waals surface area contributed by atoms with Gasteiger partial charge in [-0.25, -0.2) is 4.79 Å². The smallest absolute Gasteiger partial charge is 0.431 e. The molecule has 15 heavy (non-hydrogen) atoms. The minimum Gasteiger partial charge on any atom is -0.463 e.